The number of nitrogens with zero attached hydrogens (tertiary/aromatic N) is 1. The fourth-order valence-electron chi connectivity index (χ4n) is 1.28. The van der Waals surface area contributed by atoms with Crippen molar-refractivity contribution in [3.63, 3.8) is 0 Å². The zero-order valence-electron chi connectivity index (χ0n) is 9.57. The Morgan fingerprint density at radius 1 is 1.50 bits per heavy atom. The van der Waals surface area contributed by atoms with Crippen LogP contribution in [-0.4, -0.2) is 23.7 Å². The lowest BCUT2D eigenvalue weighted by Crippen LogP contribution is -2.21. The zero-order valence-corrected chi connectivity index (χ0v) is 9.57. The van der Waals surface area contributed by atoms with Gasteiger partial charge in [0.1, 0.15) is 0 Å². The molecule has 0 bridgehead atoms. The molecule has 4 heteroatoms. The van der Waals surface area contributed by atoms with E-state index in [0.29, 0.717) is 5.69 Å². The van der Waals surface area contributed by atoms with Gasteiger partial charge in [0.2, 0.25) is 6.17 Å². The van der Waals surface area contributed by atoms with Gasteiger partial charge in [-0.05, 0) is 25.0 Å². The molecule has 0 aromatic carbocycles. The maximum atomic E-state index is 13.3. The summed E-state index contributed by atoms with van der Waals surface area (Å²) in [6.45, 7) is 3.87. The molecule has 0 saturated heterocycles. The molecule has 16 heavy (non-hydrogen) atoms. The Morgan fingerprint density at radius 3 is 2.75 bits per heavy atom. The SMILES string of the molecule is CCOC(=O)C(F)Cc1ccc(CC)cn1. The largest absolute Gasteiger partial charge is 0.464 e. The van der Waals surface area contributed by atoms with Gasteiger partial charge in [-0.3, -0.25) is 4.98 Å². The van der Waals surface area contributed by atoms with Gasteiger partial charge in [0.25, 0.3) is 0 Å². The second-order valence-electron chi connectivity index (χ2n) is 3.44. The lowest BCUT2D eigenvalue weighted by atomic mass is 10.1. The Labute approximate surface area is 94.6 Å². The minimum absolute atomic E-state index is 0.0250. The van der Waals surface area contributed by atoms with Crippen molar-refractivity contribution < 1.29 is 13.9 Å². The Hall–Kier alpha value is -1.45. The smallest absolute Gasteiger partial charge is 0.341 e. The van der Waals surface area contributed by atoms with Crippen LogP contribution in [0, 0.1) is 0 Å². The summed E-state index contributed by atoms with van der Waals surface area (Å²) in [6.07, 6.45) is 0.945. The molecule has 0 saturated carbocycles. The van der Waals surface area contributed by atoms with E-state index in [1.807, 2.05) is 13.0 Å². The van der Waals surface area contributed by atoms with Crippen LogP contribution in [0.4, 0.5) is 4.39 Å². The zero-order chi connectivity index (χ0) is 12.0. The van der Waals surface area contributed by atoms with E-state index in [4.69, 9.17) is 0 Å². The third-order valence-corrected chi connectivity index (χ3v) is 2.22. The molecular formula is C12H16FNO2. The van der Waals surface area contributed by atoms with Gasteiger partial charge in [-0.15, -0.1) is 0 Å². The first-order chi connectivity index (χ1) is 7.67. The standard InChI is InChI=1S/C12H16FNO2/c1-3-9-5-6-10(14-8-9)7-11(13)12(15)16-4-2/h5-6,8,11H,3-4,7H2,1-2H3. The summed E-state index contributed by atoms with van der Waals surface area (Å²) in [5.41, 5.74) is 1.66. The van der Waals surface area contributed by atoms with Gasteiger partial charge in [0, 0.05) is 18.3 Å². The molecule has 1 atom stereocenters. The molecule has 1 aromatic rings. The molecule has 88 valence electrons. The maximum Gasteiger partial charge on any atom is 0.341 e. The van der Waals surface area contributed by atoms with Crippen molar-refractivity contribution in [2.24, 2.45) is 0 Å². The number of hydrogen-bond acceptors (Lipinski definition) is 3. The third kappa shape index (κ3) is 3.61. The highest BCUT2D eigenvalue weighted by atomic mass is 19.1. The van der Waals surface area contributed by atoms with Gasteiger partial charge in [-0.25, -0.2) is 9.18 Å². The van der Waals surface area contributed by atoms with Crippen LogP contribution >= 0.6 is 0 Å². The fraction of sp³-hybridized carbons (Fsp3) is 0.500. The van der Waals surface area contributed by atoms with E-state index in [1.54, 1.807) is 19.2 Å². The van der Waals surface area contributed by atoms with Crippen molar-refractivity contribution in [3.05, 3.63) is 29.6 Å². The Balaban J connectivity index is 2.55. The number of alkyl halides is 1. The van der Waals surface area contributed by atoms with Crippen molar-refractivity contribution in [2.45, 2.75) is 32.9 Å². The quantitative estimate of drug-likeness (QED) is 0.720. The number of ether oxygens (including phenoxy) is 1. The molecule has 0 aliphatic rings. The molecule has 0 N–H and O–H groups in total. The summed E-state index contributed by atoms with van der Waals surface area (Å²) in [6, 6.07) is 3.63. The summed E-state index contributed by atoms with van der Waals surface area (Å²) in [4.78, 5) is 15.1. The number of aryl methyl sites for hydroxylation is 1. The van der Waals surface area contributed by atoms with Crippen LogP contribution in [0.5, 0.6) is 0 Å². The number of hydrogen-bond donors (Lipinski definition) is 0. The molecular weight excluding hydrogens is 209 g/mol. The molecule has 0 radical (unpaired) electrons. The second-order valence-corrected chi connectivity index (χ2v) is 3.44. The molecule has 1 unspecified atom stereocenters. The first-order valence-electron chi connectivity index (χ1n) is 5.41. The molecule has 0 spiro atoms. The summed E-state index contributed by atoms with van der Waals surface area (Å²) >= 11 is 0. The van der Waals surface area contributed by atoms with Gasteiger partial charge in [0.15, 0.2) is 0 Å². The third-order valence-electron chi connectivity index (χ3n) is 2.22. The molecule has 1 aromatic heterocycles. The summed E-state index contributed by atoms with van der Waals surface area (Å²) in [5.74, 6) is -0.816. The first kappa shape index (κ1) is 12.6. The molecule has 1 heterocycles. The average molecular weight is 225 g/mol. The minimum Gasteiger partial charge on any atom is -0.464 e. The van der Waals surface area contributed by atoms with Crippen LogP contribution in [-0.2, 0) is 22.4 Å². The molecule has 1 rings (SSSR count). The molecule has 0 aliphatic heterocycles. The Bertz CT molecular complexity index is 337. The van der Waals surface area contributed by atoms with Crippen molar-refractivity contribution in [3.8, 4) is 0 Å². The molecule has 0 fully saturated rings. The molecule has 0 amide bonds. The van der Waals surface area contributed by atoms with Crippen molar-refractivity contribution >= 4 is 5.97 Å². The van der Waals surface area contributed by atoms with Crippen LogP contribution in [0.1, 0.15) is 25.1 Å². The fourth-order valence-corrected chi connectivity index (χ4v) is 1.28. The number of aromatic nitrogens is 1. The van der Waals surface area contributed by atoms with Gasteiger partial charge < -0.3 is 4.74 Å². The van der Waals surface area contributed by atoms with E-state index in [9.17, 15) is 9.18 Å². The number of pyridine rings is 1. The Morgan fingerprint density at radius 2 is 2.25 bits per heavy atom. The number of carbonyl (C=O) groups is 1. The van der Waals surface area contributed by atoms with E-state index in [0.717, 1.165) is 12.0 Å². The van der Waals surface area contributed by atoms with Gasteiger partial charge >= 0.3 is 5.97 Å². The van der Waals surface area contributed by atoms with Crippen LogP contribution in [0.15, 0.2) is 18.3 Å². The molecule has 0 aliphatic carbocycles. The van der Waals surface area contributed by atoms with E-state index >= 15 is 0 Å². The normalized spacial score (nSPS) is 12.2. The summed E-state index contributed by atoms with van der Waals surface area (Å²) < 4.78 is 17.9. The van der Waals surface area contributed by atoms with E-state index in [-0.39, 0.29) is 13.0 Å². The number of carbonyl (C=O) groups excluding carboxylic acids is 1. The van der Waals surface area contributed by atoms with Crippen molar-refractivity contribution in [1.29, 1.82) is 0 Å². The van der Waals surface area contributed by atoms with Crippen LogP contribution in [0.25, 0.3) is 0 Å². The predicted molar refractivity (Wildman–Crippen MR) is 58.8 cm³/mol. The van der Waals surface area contributed by atoms with Gasteiger partial charge in [-0.1, -0.05) is 13.0 Å². The number of esters is 1. The monoisotopic (exact) mass is 225 g/mol. The second kappa shape index (κ2) is 6.20. The predicted octanol–water partition coefficient (Wildman–Crippen LogP) is 2.09. The minimum atomic E-state index is -1.63. The maximum absolute atomic E-state index is 13.3. The lowest BCUT2D eigenvalue weighted by molar-refractivity contribution is -0.149. The van der Waals surface area contributed by atoms with Crippen LogP contribution in [0.3, 0.4) is 0 Å². The van der Waals surface area contributed by atoms with Crippen LogP contribution < -0.4 is 0 Å². The highest BCUT2D eigenvalue weighted by Gasteiger charge is 2.19. The highest BCUT2D eigenvalue weighted by Crippen LogP contribution is 2.07. The van der Waals surface area contributed by atoms with Gasteiger partial charge in [-0.2, -0.15) is 0 Å². The van der Waals surface area contributed by atoms with Crippen molar-refractivity contribution in [1.82, 2.24) is 4.98 Å². The van der Waals surface area contributed by atoms with E-state index < -0.39 is 12.1 Å². The van der Waals surface area contributed by atoms with E-state index in [2.05, 4.69) is 9.72 Å². The number of rotatable bonds is 5. The van der Waals surface area contributed by atoms with Crippen LogP contribution in [0.2, 0.25) is 0 Å². The van der Waals surface area contributed by atoms with Gasteiger partial charge in [0.05, 0.1) is 6.61 Å². The summed E-state index contributed by atoms with van der Waals surface area (Å²) in [5, 5.41) is 0. The summed E-state index contributed by atoms with van der Waals surface area (Å²) in [7, 11) is 0. The first-order valence-corrected chi connectivity index (χ1v) is 5.41. The topological polar surface area (TPSA) is 39.2 Å². The molecule has 3 nitrogen and oxygen atoms in total. The lowest BCUT2D eigenvalue weighted by Gasteiger charge is -2.07. The highest BCUT2D eigenvalue weighted by molar-refractivity contribution is 5.74. The van der Waals surface area contributed by atoms with Crippen molar-refractivity contribution in [2.75, 3.05) is 6.61 Å². The Kier molecular flexibility index (Phi) is 4.89. The van der Waals surface area contributed by atoms with E-state index in [1.165, 1.54) is 0 Å². The number of halogens is 1. The average Bonchev–Trinajstić information content (AvgIpc) is 2.30.